The molecule has 1 heterocycles. The Morgan fingerprint density at radius 1 is 1.13 bits per heavy atom. The summed E-state index contributed by atoms with van der Waals surface area (Å²) in [4.78, 5) is 28.4. The lowest BCUT2D eigenvalue weighted by Crippen LogP contribution is -2.32. The van der Waals surface area contributed by atoms with Crippen LogP contribution in [0.3, 0.4) is 0 Å². The highest BCUT2D eigenvalue weighted by atomic mass is 16.2. The number of hydrogen-bond donors (Lipinski definition) is 2. The van der Waals surface area contributed by atoms with Gasteiger partial charge in [-0.3, -0.25) is 14.6 Å². The van der Waals surface area contributed by atoms with Gasteiger partial charge in [0.25, 0.3) is 11.8 Å². The molecule has 1 unspecified atom stereocenters. The van der Waals surface area contributed by atoms with Crippen molar-refractivity contribution in [3.8, 4) is 0 Å². The molecule has 2 aromatic rings. The standard InChI is InChI=1S/C18H21N3O2/c1-4-13(3)20-18(23)16-11-14(9-10-19-16)17(22)21-15-7-5-12(2)6-8-15/h5-11,13H,4H2,1-3H3,(H,20,23)(H,21,22). The van der Waals surface area contributed by atoms with Gasteiger partial charge in [-0.1, -0.05) is 24.6 Å². The summed E-state index contributed by atoms with van der Waals surface area (Å²) < 4.78 is 0. The number of anilines is 1. The van der Waals surface area contributed by atoms with Gasteiger partial charge in [0.05, 0.1) is 0 Å². The molecule has 5 heteroatoms. The summed E-state index contributed by atoms with van der Waals surface area (Å²) >= 11 is 0. The van der Waals surface area contributed by atoms with E-state index in [1.807, 2.05) is 45.0 Å². The smallest absolute Gasteiger partial charge is 0.270 e. The maximum Gasteiger partial charge on any atom is 0.270 e. The largest absolute Gasteiger partial charge is 0.348 e. The highest BCUT2D eigenvalue weighted by Gasteiger charge is 2.13. The third kappa shape index (κ3) is 4.64. The summed E-state index contributed by atoms with van der Waals surface area (Å²) in [6.45, 7) is 5.90. The first-order valence-corrected chi connectivity index (χ1v) is 7.64. The first-order chi connectivity index (χ1) is 11.0. The Morgan fingerprint density at radius 2 is 1.83 bits per heavy atom. The maximum atomic E-state index is 12.3. The summed E-state index contributed by atoms with van der Waals surface area (Å²) in [5.74, 6) is -0.543. The van der Waals surface area contributed by atoms with Crippen LogP contribution >= 0.6 is 0 Å². The number of pyridine rings is 1. The van der Waals surface area contributed by atoms with Crippen LogP contribution in [0.2, 0.25) is 0 Å². The number of hydrogen-bond acceptors (Lipinski definition) is 3. The van der Waals surface area contributed by atoms with Crippen molar-refractivity contribution in [3.05, 3.63) is 59.4 Å². The molecule has 1 aromatic carbocycles. The van der Waals surface area contributed by atoms with E-state index in [2.05, 4.69) is 15.6 Å². The molecule has 0 bridgehead atoms. The number of carbonyl (C=O) groups is 2. The lowest BCUT2D eigenvalue weighted by molar-refractivity contribution is 0.0934. The zero-order chi connectivity index (χ0) is 16.8. The quantitative estimate of drug-likeness (QED) is 0.891. The highest BCUT2D eigenvalue weighted by molar-refractivity contribution is 6.05. The minimum absolute atomic E-state index is 0.0642. The molecule has 0 aliphatic rings. The van der Waals surface area contributed by atoms with E-state index in [1.165, 1.54) is 12.3 Å². The normalized spacial score (nSPS) is 11.6. The van der Waals surface area contributed by atoms with Crippen molar-refractivity contribution in [3.63, 3.8) is 0 Å². The zero-order valence-electron chi connectivity index (χ0n) is 13.6. The molecule has 0 aliphatic heterocycles. The SMILES string of the molecule is CCC(C)NC(=O)c1cc(C(=O)Nc2ccc(C)cc2)ccn1. The monoisotopic (exact) mass is 311 g/mol. The Morgan fingerprint density at radius 3 is 2.48 bits per heavy atom. The summed E-state index contributed by atoms with van der Waals surface area (Å²) in [7, 11) is 0. The zero-order valence-corrected chi connectivity index (χ0v) is 13.6. The van der Waals surface area contributed by atoms with E-state index >= 15 is 0 Å². The first kappa shape index (κ1) is 16.7. The Hall–Kier alpha value is -2.69. The van der Waals surface area contributed by atoms with Crippen LogP contribution in [-0.2, 0) is 0 Å². The first-order valence-electron chi connectivity index (χ1n) is 7.64. The van der Waals surface area contributed by atoms with E-state index in [0.29, 0.717) is 11.3 Å². The molecule has 2 N–H and O–H groups in total. The van der Waals surface area contributed by atoms with Crippen molar-refractivity contribution >= 4 is 17.5 Å². The van der Waals surface area contributed by atoms with Crippen molar-refractivity contribution < 1.29 is 9.59 Å². The van der Waals surface area contributed by atoms with Crippen molar-refractivity contribution in [2.75, 3.05) is 5.32 Å². The molecular weight excluding hydrogens is 290 g/mol. The van der Waals surface area contributed by atoms with Crippen molar-refractivity contribution in [1.29, 1.82) is 0 Å². The lowest BCUT2D eigenvalue weighted by Gasteiger charge is -2.11. The van der Waals surface area contributed by atoms with Crippen LogP contribution in [0, 0.1) is 6.92 Å². The van der Waals surface area contributed by atoms with Crippen LogP contribution in [0.1, 0.15) is 46.7 Å². The van der Waals surface area contributed by atoms with Gasteiger partial charge in [0.1, 0.15) is 5.69 Å². The minimum Gasteiger partial charge on any atom is -0.348 e. The number of amides is 2. The van der Waals surface area contributed by atoms with E-state index in [1.54, 1.807) is 6.07 Å². The highest BCUT2D eigenvalue weighted by Crippen LogP contribution is 2.11. The lowest BCUT2D eigenvalue weighted by atomic mass is 10.1. The predicted octanol–water partition coefficient (Wildman–Crippen LogP) is 3.17. The minimum atomic E-state index is -0.274. The van der Waals surface area contributed by atoms with Gasteiger partial charge in [0.2, 0.25) is 0 Å². The molecule has 0 fully saturated rings. The Kier molecular flexibility index (Phi) is 5.46. The second-order valence-corrected chi connectivity index (χ2v) is 5.53. The second-order valence-electron chi connectivity index (χ2n) is 5.53. The van der Waals surface area contributed by atoms with Crippen LogP contribution in [0.5, 0.6) is 0 Å². The van der Waals surface area contributed by atoms with Gasteiger partial charge >= 0.3 is 0 Å². The Bertz CT molecular complexity index is 696. The van der Waals surface area contributed by atoms with Gasteiger partial charge in [0, 0.05) is 23.5 Å². The molecule has 1 aromatic heterocycles. The predicted molar refractivity (Wildman–Crippen MR) is 90.6 cm³/mol. The topological polar surface area (TPSA) is 71.1 Å². The van der Waals surface area contributed by atoms with Crippen LogP contribution in [0.4, 0.5) is 5.69 Å². The van der Waals surface area contributed by atoms with Crippen molar-refractivity contribution in [1.82, 2.24) is 10.3 Å². The maximum absolute atomic E-state index is 12.3. The van der Waals surface area contributed by atoms with Crippen molar-refractivity contribution in [2.45, 2.75) is 33.2 Å². The number of benzene rings is 1. The number of nitrogens with zero attached hydrogens (tertiary/aromatic N) is 1. The van der Waals surface area contributed by atoms with Crippen LogP contribution in [-0.4, -0.2) is 22.8 Å². The number of aryl methyl sites for hydroxylation is 1. The third-order valence-corrected chi connectivity index (χ3v) is 3.55. The van der Waals surface area contributed by atoms with E-state index in [0.717, 1.165) is 12.0 Å². The van der Waals surface area contributed by atoms with Crippen LogP contribution in [0.15, 0.2) is 42.6 Å². The molecule has 23 heavy (non-hydrogen) atoms. The van der Waals surface area contributed by atoms with Gasteiger partial charge in [0.15, 0.2) is 0 Å². The molecule has 2 amide bonds. The molecule has 0 radical (unpaired) electrons. The Labute approximate surface area is 136 Å². The fourth-order valence-electron chi connectivity index (χ4n) is 1.94. The van der Waals surface area contributed by atoms with Gasteiger partial charge in [-0.2, -0.15) is 0 Å². The van der Waals surface area contributed by atoms with E-state index in [9.17, 15) is 9.59 Å². The number of aromatic nitrogens is 1. The molecule has 0 saturated carbocycles. The summed E-state index contributed by atoms with van der Waals surface area (Å²) in [5.41, 5.74) is 2.47. The molecule has 120 valence electrons. The number of carbonyl (C=O) groups excluding carboxylic acids is 2. The fourth-order valence-corrected chi connectivity index (χ4v) is 1.94. The molecule has 5 nitrogen and oxygen atoms in total. The summed E-state index contributed by atoms with van der Waals surface area (Å²) in [5, 5.41) is 5.64. The van der Waals surface area contributed by atoms with Gasteiger partial charge in [-0.05, 0) is 44.5 Å². The Balaban J connectivity index is 2.10. The van der Waals surface area contributed by atoms with Crippen LogP contribution < -0.4 is 10.6 Å². The number of nitrogens with one attached hydrogen (secondary N) is 2. The second kappa shape index (κ2) is 7.54. The van der Waals surface area contributed by atoms with Crippen LogP contribution in [0.25, 0.3) is 0 Å². The third-order valence-electron chi connectivity index (χ3n) is 3.55. The van der Waals surface area contributed by atoms with E-state index in [4.69, 9.17) is 0 Å². The molecule has 2 rings (SSSR count). The van der Waals surface area contributed by atoms with Crippen molar-refractivity contribution in [2.24, 2.45) is 0 Å². The molecular formula is C18H21N3O2. The number of rotatable bonds is 5. The summed E-state index contributed by atoms with van der Waals surface area (Å²) in [6.07, 6.45) is 2.30. The van der Waals surface area contributed by atoms with E-state index in [-0.39, 0.29) is 23.6 Å². The average molecular weight is 311 g/mol. The molecule has 1 atom stereocenters. The van der Waals surface area contributed by atoms with Gasteiger partial charge < -0.3 is 10.6 Å². The molecule has 0 spiro atoms. The fraction of sp³-hybridized carbons (Fsp3) is 0.278. The van der Waals surface area contributed by atoms with Gasteiger partial charge in [-0.15, -0.1) is 0 Å². The van der Waals surface area contributed by atoms with E-state index < -0.39 is 0 Å². The molecule has 0 saturated heterocycles. The van der Waals surface area contributed by atoms with Gasteiger partial charge in [-0.25, -0.2) is 0 Å². The molecule has 0 aliphatic carbocycles. The average Bonchev–Trinajstić information content (AvgIpc) is 2.56. The summed E-state index contributed by atoms with van der Waals surface area (Å²) in [6, 6.07) is 10.7.